The highest BCUT2D eigenvalue weighted by atomic mass is 32.2. The predicted octanol–water partition coefficient (Wildman–Crippen LogP) is 2.43. The summed E-state index contributed by atoms with van der Waals surface area (Å²) in [7, 11) is 0. The van der Waals surface area contributed by atoms with Gasteiger partial charge in [0.05, 0.1) is 5.75 Å². The van der Waals surface area contributed by atoms with Crippen molar-refractivity contribution in [3.05, 3.63) is 35.4 Å². The van der Waals surface area contributed by atoms with Gasteiger partial charge in [-0.25, -0.2) is 0 Å². The molecule has 9 heteroatoms. The van der Waals surface area contributed by atoms with Gasteiger partial charge in [-0.3, -0.25) is 9.59 Å². The molecule has 0 radical (unpaired) electrons. The van der Waals surface area contributed by atoms with Gasteiger partial charge < -0.3 is 15.1 Å². The molecule has 0 spiro atoms. The topological polar surface area (TPSA) is 78.4 Å². The second-order valence-electron chi connectivity index (χ2n) is 6.96. The molecule has 0 bridgehead atoms. The van der Waals surface area contributed by atoms with E-state index < -0.39 is 0 Å². The minimum absolute atomic E-state index is 0.0000760. The van der Waals surface area contributed by atoms with E-state index >= 15 is 0 Å². The van der Waals surface area contributed by atoms with Crippen molar-refractivity contribution in [2.24, 2.45) is 0 Å². The Labute approximate surface area is 173 Å². The summed E-state index contributed by atoms with van der Waals surface area (Å²) in [6.45, 7) is 8.61. The highest BCUT2D eigenvalue weighted by Crippen LogP contribution is 2.28. The average Bonchev–Trinajstić information content (AvgIpc) is 3.15. The van der Waals surface area contributed by atoms with Gasteiger partial charge in [0.25, 0.3) is 5.91 Å². The van der Waals surface area contributed by atoms with Crippen LogP contribution < -0.4 is 10.2 Å². The van der Waals surface area contributed by atoms with Crippen molar-refractivity contribution in [3.8, 4) is 0 Å². The van der Waals surface area contributed by atoms with Crippen molar-refractivity contribution in [2.75, 3.05) is 36.8 Å². The fraction of sp³-hybridized carbons (Fsp3) is 0.474. The summed E-state index contributed by atoms with van der Waals surface area (Å²) in [6, 6.07) is 7.83. The lowest BCUT2D eigenvalue weighted by atomic mass is 10.1. The molecule has 1 N–H and O–H groups in total. The first-order chi connectivity index (χ1) is 13.4. The molecule has 0 aliphatic carbocycles. The van der Waals surface area contributed by atoms with Crippen LogP contribution in [0.1, 0.15) is 29.8 Å². The number of aromatic nitrogens is 2. The molecule has 150 valence electrons. The van der Waals surface area contributed by atoms with Gasteiger partial charge in [-0.05, 0) is 32.4 Å². The molecule has 1 aliphatic rings. The zero-order valence-corrected chi connectivity index (χ0v) is 18.0. The van der Waals surface area contributed by atoms with Gasteiger partial charge >= 0.3 is 0 Å². The van der Waals surface area contributed by atoms with Crippen molar-refractivity contribution >= 4 is 40.0 Å². The molecule has 2 heterocycles. The Morgan fingerprint density at radius 1 is 1.18 bits per heavy atom. The number of anilines is 1. The first-order valence-electron chi connectivity index (χ1n) is 9.29. The van der Waals surface area contributed by atoms with Crippen LogP contribution >= 0.6 is 23.1 Å². The quantitative estimate of drug-likeness (QED) is 0.725. The summed E-state index contributed by atoms with van der Waals surface area (Å²) in [5.41, 5.74) is 1.77. The second-order valence-corrected chi connectivity index (χ2v) is 9.13. The maximum Gasteiger partial charge on any atom is 0.254 e. The van der Waals surface area contributed by atoms with Crippen molar-refractivity contribution in [1.29, 1.82) is 0 Å². The minimum Gasteiger partial charge on any atom is -0.353 e. The van der Waals surface area contributed by atoms with Crippen LogP contribution in [0.25, 0.3) is 0 Å². The Morgan fingerprint density at radius 2 is 1.89 bits per heavy atom. The summed E-state index contributed by atoms with van der Waals surface area (Å²) in [5.74, 6) is 0.424. The van der Waals surface area contributed by atoms with Gasteiger partial charge in [-0.2, -0.15) is 0 Å². The molecule has 1 aliphatic heterocycles. The van der Waals surface area contributed by atoms with Crippen LogP contribution in [0.15, 0.2) is 28.6 Å². The van der Waals surface area contributed by atoms with E-state index in [4.69, 9.17) is 0 Å². The number of aryl methyl sites for hydroxylation is 1. The maximum absolute atomic E-state index is 12.7. The Morgan fingerprint density at radius 3 is 2.57 bits per heavy atom. The first-order valence-corrected chi connectivity index (χ1v) is 11.1. The summed E-state index contributed by atoms with van der Waals surface area (Å²) in [6.07, 6.45) is 0. The molecule has 1 fully saturated rings. The SMILES string of the molecule is Cc1ccccc1C(=O)N1CCN(c2nnc(SCC(=O)NC(C)C)s2)CC1. The Balaban J connectivity index is 1.51. The van der Waals surface area contributed by atoms with Gasteiger partial charge in [-0.1, -0.05) is 41.3 Å². The lowest BCUT2D eigenvalue weighted by molar-refractivity contribution is -0.119. The fourth-order valence-electron chi connectivity index (χ4n) is 2.96. The molecule has 3 rings (SSSR count). The zero-order valence-electron chi connectivity index (χ0n) is 16.3. The normalized spacial score (nSPS) is 14.4. The smallest absolute Gasteiger partial charge is 0.254 e. The summed E-state index contributed by atoms with van der Waals surface area (Å²) in [5, 5.41) is 12.2. The van der Waals surface area contributed by atoms with Gasteiger partial charge in [-0.15, -0.1) is 10.2 Å². The number of amides is 2. The Hall–Kier alpha value is -2.13. The van der Waals surface area contributed by atoms with Crippen molar-refractivity contribution < 1.29 is 9.59 Å². The van der Waals surface area contributed by atoms with Crippen LogP contribution in [0.4, 0.5) is 5.13 Å². The van der Waals surface area contributed by atoms with Crippen LogP contribution in [-0.4, -0.2) is 64.9 Å². The highest BCUT2D eigenvalue weighted by Gasteiger charge is 2.25. The van der Waals surface area contributed by atoms with Gasteiger partial charge in [0.15, 0.2) is 4.34 Å². The number of nitrogens with zero attached hydrogens (tertiary/aromatic N) is 4. The van der Waals surface area contributed by atoms with Gasteiger partial charge in [0.2, 0.25) is 11.0 Å². The van der Waals surface area contributed by atoms with Gasteiger partial charge in [0.1, 0.15) is 0 Å². The second kappa shape index (κ2) is 9.38. The summed E-state index contributed by atoms with van der Waals surface area (Å²) in [4.78, 5) is 28.5. The van der Waals surface area contributed by atoms with Crippen molar-refractivity contribution in [2.45, 2.75) is 31.2 Å². The number of hydrogen-bond donors (Lipinski definition) is 1. The minimum atomic E-state index is 0.0000760. The number of carbonyl (C=O) groups excluding carboxylic acids is 2. The molecule has 2 amide bonds. The number of thioether (sulfide) groups is 1. The van der Waals surface area contributed by atoms with Crippen LogP contribution in [-0.2, 0) is 4.79 Å². The number of nitrogens with one attached hydrogen (secondary N) is 1. The molecule has 0 saturated carbocycles. The molecule has 28 heavy (non-hydrogen) atoms. The molecule has 0 atom stereocenters. The molecule has 7 nitrogen and oxygen atoms in total. The third-order valence-corrected chi connectivity index (χ3v) is 6.50. The van der Waals surface area contributed by atoms with E-state index in [1.54, 1.807) is 0 Å². The van der Waals surface area contributed by atoms with Crippen LogP contribution in [0, 0.1) is 6.92 Å². The number of carbonyl (C=O) groups is 2. The third kappa shape index (κ3) is 5.23. The number of hydrogen-bond acceptors (Lipinski definition) is 7. The molecule has 1 saturated heterocycles. The van der Waals surface area contributed by atoms with Gasteiger partial charge in [0, 0.05) is 37.8 Å². The van der Waals surface area contributed by atoms with E-state index in [0.717, 1.165) is 33.7 Å². The molecule has 1 aromatic carbocycles. The van der Waals surface area contributed by atoms with E-state index in [-0.39, 0.29) is 17.9 Å². The van der Waals surface area contributed by atoms with E-state index in [9.17, 15) is 9.59 Å². The number of rotatable bonds is 6. The first kappa shape index (κ1) is 20.6. The Bertz CT molecular complexity index is 831. The average molecular weight is 420 g/mol. The van der Waals surface area contributed by atoms with E-state index in [1.165, 1.54) is 23.1 Å². The predicted molar refractivity (Wildman–Crippen MR) is 113 cm³/mol. The largest absolute Gasteiger partial charge is 0.353 e. The van der Waals surface area contributed by atoms with E-state index in [2.05, 4.69) is 20.4 Å². The number of piperazine rings is 1. The standard InChI is InChI=1S/C19H25N5O2S2/c1-13(2)20-16(25)12-27-19-22-21-18(28-19)24-10-8-23(9-11-24)17(26)15-7-5-4-6-14(15)3/h4-7,13H,8-12H2,1-3H3,(H,20,25). The van der Waals surface area contributed by atoms with Crippen molar-refractivity contribution in [1.82, 2.24) is 20.4 Å². The molecular formula is C19H25N5O2S2. The van der Waals surface area contributed by atoms with E-state index in [0.29, 0.717) is 18.8 Å². The zero-order chi connectivity index (χ0) is 20.1. The summed E-state index contributed by atoms with van der Waals surface area (Å²) >= 11 is 2.89. The van der Waals surface area contributed by atoms with Crippen LogP contribution in [0.3, 0.4) is 0 Å². The van der Waals surface area contributed by atoms with E-state index in [1.807, 2.05) is 49.9 Å². The monoisotopic (exact) mass is 419 g/mol. The molecule has 2 aromatic rings. The lowest BCUT2D eigenvalue weighted by Crippen LogP contribution is -2.48. The lowest BCUT2D eigenvalue weighted by Gasteiger charge is -2.34. The van der Waals surface area contributed by atoms with Crippen LogP contribution in [0.2, 0.25) is 0 Å². The fourth-order valence-corrected chi connectivity index (χ4v) is 4.67. The van der Waals surface area contributed by atoms with Crippen LogP contribution in [0.5, 0.6) is 0 Å². The van der Waals surface area contributed by atoms with Crippen molar-refractivity contribution in [3.63, 3.8) is 0 Å². The molecule has 0 unspecified atom stereocenters. The third-order valence-electron chi connectivity index (χ3n) is 4.39. The summed E-state index contributed by atoms with van der Waals surface area (Å²) < 4.78 is 0.785. The Kier molecular flexibility index (Phi) is 6.90. The maximum atomic E-state index is 12.7. The molecular weight excluding hydrogens is 394 g/mol. The number of benzene rings is 1. The molecule has 1 aromatic heterocycles. The highest BCUT2D eigenvalue weighted by molar-refractivity contribution is 8.01.